The highest BCUT2D eigenvalue weighted by Gasteiger charge is 2.04. The monoisotopic (exact) mass is 322 g/mol. The Hall–Kier alpha value is 0.140. The predicted octanol–water partition coefficient (Wildman–Crippen LogP) is 4.83. The van der Waals surface area contributed by atoms with E-state index in [4.69, 9.17) is 16.3 Å². The van der Waals surface area contributed by atoms with Crippen LogP contribution in [0.2, 0.25) is 5.02 Å². The molecule has 0 heterocycles. The van der Waals surface area contributed by atoms with Crippen molar-refractivity contribution < 1.29 is 4.74 Å². The Morgan fingerprint density at radius 3 is 2.88 bits per heavy atom. The summed E-state index contributed by atoms with van der Waals surface area (Å²) in [4.78, 5) is 0. The fourth-order valence-corrected chi connectivity index (χ4v) is 2.28. The van der Waals surface area contributed by atoms with Crippen molar-refractivity contribution in [3.05, 3.63) is 27.7 Å². The van der Waals surface area contributed by atoms with Gasteiger partial charge in [-0.15, -0.1) is 0 Å². The first-order valence-corrected chi connectivity index (χ1v) is 7.12. The first kappa shape index (κ1) is 14.2. The molecule has 0 N–H and O–H groups in total. The van der Waals surface area contributed by atoms with Crippen molar-refractivity contribution in [3.63, 3.8) is 0 Å². The Morgan fingerprint density at radius 1 is 1.44 bits per heavy atom. The summed E-state index contributed by atoms with van der Waals surface area (Å²) in [7, 11) is 0. The summed E-state index contributed by atoms with van der Waals surface area (Å²) in [5.74, 6) is 2.32. The molecule has 0 spiro atoms. The zero-order valence-electron chi connectivity index (χ0n) is 9.25. The van der Waals surface area contributed by atoms with E-state index in [2.05, 4.69) is 35.5 Å². The summed E-state index contributed by atoms with van der Waals surface area (Å²) in [5, 5.41) is 0.657. The van der Waals surface area contributed by atoms with Crippen LogP contribution in [0.25, 0.3) is 0 Å². The van der Waals surface area contributed by atoms with Gasteiger partial charge in [-0.25, -0.2) is 0 Å². The molecule has 0 amide bonds. The number of hydrogen-bond donors (Lipinski definition) is 1. The van der Waals surface area contributed by atoms with Gasteiger partial charge in [0.15, 0.2) is 0 Å². The molecule has 0 saturated heterocycles. The van der Waals surface area contributed by atoms with Gasteiger partial charge in [0.2, 0.25) is 0 Å². The van der Waals surface area contributed by atoms with Gasteiger partial charge in [0.25, 0.3) is 0 Å². The molecule has 0 saturated carbocycles. The maximum Gasteiger partial charge on any atom is 0.139 e. The van der Waals surface area contributed by atoms with Crippen LogP contribution in [0.4, 0.5) is 0 Å². The van der Waals surface area contributed by atoms with Crippen molar-refractivity contribution >= 4 is 40.2 Å². The third-order valence-electron chi connectivity index (χ3n) is 2.38. The highest BCUT2D eigenvalue weighted by atomic mass is 79.9. The maximum absolute atomic E-state index is 6.01. The molecule has 1 aromatic carbocycles. The van der Waals surface area contributed by atoms with Crippen LogP contribution >= 0.6 is 40.2 Å². The molecular weight excluding hydrogens is 308 g/mol. The van der Waals surface area contributed by atoms with Gasteiger partial charge in [-0.2, -0.15) is 12.6 Å². The molecule has 4 heteroatoms. The van der Waals surface area contributed by atoms with E-state index in [1.165, 1.54) is 0 Å². The van der Waals surface area contributed by atoms with Gasteiger partial charge < -0.3 is 4.74 Å². The van der Waals surface area contributed by atoms with Gasteiger partial charge in [-0.05, 0) is 42.7 Å². The number of thiol groups is 1. The second-order valence-corrected chi connectivity index (χ2v) is 5.60. The Bertz CT molecular complexity index is 333. The van der Waals surface area contributed by atoms with E-state index < -0.39 is 0 Å². The van der Waals surface area contributed by atoms with Crippen LogP contribution in [0.1, 0.15) is 19.8 Å². The Labute approximate surface area is 116 Å². The van der Waals surface area contributed by atoms with Gasteiger partial charge in [0.05, 0.1) is 11.6 Å². The molecule has 0 fully saturated rings. The van der Waals surface area contributed by atoms with E-state index >= 15 is 0 Å². The topological polar surface area (TPSA) is 9.23 Å². The van der Waals surface area contributed by atoms with Crippen molar-refractivity contribution in [2.45, 2.75) is 19.8 Å². The van der Waals surface area contributed by atoms with E-state index in [1.54, 1.807) is 0 Å². The quantitative estimate of drug-likeness (QED) is 0.738. The molecule has 1 rings (SSSR count). The largest absolute Gasteiger partial charge is 0.492 e. The van der Waals surface area contributed by atoms with Crippen molar-refractivity contribution in [1.82, 2.24) is 0 Å². The lowest BCUT2D eigenvalue weighted by atomic mass is 10.1. The third kappa shape index (κ3) is 4.98. The summed E-state index contributed by atoms with van der Waals surface area (Å²) >= 11 is 13.6. The van der Waals surface area contributed by atoms with Crippen LogP contribution in [0.15, 0.2) is 22.7 Å². The summed E-state index contributed by atoms with van der Waals surface area (Å²) in [6, 6.07) is 5.63. The molecule has 0 aliphatic rings. The second-order valence-electron chi connectivity index (χ2n) is 3.83. The van der Waals surface area contributed by atoms with E-state index in [0.29, 0.717) is 17.5 Å². The number of rotatable bonds is 6. The van der Waals surface area contributed by atoms with Crippen LogP contribution in [-0.4, -0.2) is 12.4 Å². The molecule has 16 heavy (non-hydrogen) atoms. The lowest BCUT2D eigenvalue weighted by Crippen LogP contribution is -2.05. The highest BCUT2D eigenvalue weighted by molar-refractivity contribution is 9.10. The minimum absolute atomic E-state index is 0.642. The van der Waals surface area contributed by atoms with Crippen LogP contribution in [0, 0.1) is 5.92 Å². The van der Waals surface area contributed by atoms with Gasteiger partial charge >= 0.3 is 0 Å². The lowest BCUT2D eigenvalue weighted by Gasteiger charge is -2.12. The van der Waals surface area contributed by atoms with Gasteiger partial charge in [-0.3, -0.25) is 0 Å². The zero-order chi connectivity index (χ0) is 12.0. The average molecular weight is 324 g/mol. The van der Waals surface area contributed by atoms with Crippen molar-refractivity contribution in [1.29, 1.82) is 0 Å². The van der Waals surface area contributed by atoms with E-state index in [-0.39, 0.29) is 0 Å². The number of ether oxygens (including phenoxy) is 1. The highest BCUT2D eigenvalue weighted by Crippen LogP contribution is 2.28. The van der Waals surface area contributed by atoms with Gasteiger partial charge in [0.1, 0.15) is 5.75 Å². The molecule has 0 aliphatic heterocycles. The summed E-state index contributed by atoms with van der Waals surface area (Å²) < 4.78 is 6.63. The maximum atomic E-state index is 6.01. The first-order chi connectivity index (χ1) is 7.63. The number of hydrogen-bond acceptors (Lipinski definition) is 2. The third-order valence-corrected chi connectivity index (χ3v) is 3.45. The van der Waals surface area contributed by atoms with Crippen molar-refractivity contribution in [2.24, 2.45) is 5.92 Å². The SMILES string of the molecule is CC(CCS)CCOc1cc(Br)ccc1Cl. The second kappa shape index (κ2) is 7.46. The number of halogens is 2. The van der Waals surface area contributed by atoms with Gasteiger partial charge in [-0.1, -0.05) is 34.5 Å². The molecule has 90 valence electrons. The molecule has 1 atom stereocenters. The molecule has 0 radical (unpaired) electrons. The van der Waals surface area contributed by atoms with Crippen molar-refractivity contribution in [2.75, 3.05) is 12.4 Å². The lowest BCUT2D eigenvalue weighted by molar-refractivity contribution is 0.282. The summed E-state index contributed by atoms with van der Waals surface area (Å²) in [5.41, 5.74) is 0. The molecule has 1 nitrogen and oxygen atoms in total. The van der Waals surface area contributed by atoms with Gasteiger partial charge in [0, 0.05) is 4.47 Å². The molecule has 0 bridgehead atoms. The molecule has 0 aliphatic carbocycles. The number of benzene rings is 1. The van der Waals surface area contributed by atoms with Crippen LogP contribution < -0.4 is 4.74 Å². The van der Waals surface area contributed by atoms with Crippen LogP contribution in [-0.2, 0) is 0 Å². The molecule has 0 aromatic heterocycles. The minimum atomic E-state index is 0.642. The smallest absolute Gasteiger partial charge is 0.139 e. The first-order valence-electron chi connectivity index (χ1n) is 5.32. The molecule has 1 unspecified atom stereocenters. The fraction of sp³-hybridized carbons (Fsp3) is 0.500. The molecule has 1 aromatic rings. The normalized spacial score (nSPS) is 12.5. The standard InChI is InChI=1S/C12H16BrClOS/c1-9(5-7-16)4-6-15-12-8-10(13)2-3-11(12)14/h2-3,8-9,16H,4-7H2,1H3. The van der Waals surface area contributed by atoms with Crippen LogP contribution in [0.5, 0.6) is 5.75 Å². The van der Waals surface area contributed by atoms with Crippen LogP contribution in [0.3, 0.4) is 0 Å². The predicted molar refractivity (Wildman–Crippen MR) is 76.9 cm³/mol. The zero-order valence-corrected chi connectivity index (χ0v) is 12.5. The van der Waals surface area contributed by atoms with E-state index in [9.17, 15) is 0 Å². The summed E-state index contributed by atoms with van der Waals surface area (Å²) in [6.45, 7) is 2.91. The Morgan fingerprint density at radius 2 is 2.19 bits per heavy atom. The minimum Gasteiger partial charge on any atom is -0.492 e. The Kier molecular flexibility index (Phi) is 6.62. The fourth-order valence-electron chi connectivity index (χ4n) is 1.32. The summed E-state index contributed by atoms with van der Waals surface area (Å²) in [6.07, 6.45) is 2.15. The average Bonchev–Trinajstić information content (AvgIpc) is 2.23. The van der Waals surface area contributed by atoms with Crippen molar-refractivity contribution in [3.8, 4) is 5.75 Å². The Balaban J connectivity index is 2.39. The van der Waals surface area contributed by atoms with E-state index in [1.807, 2.05) is 18.2 Å². The van der Waals surface area contributed by atoms with E-state index in [0.717, 1.165) is 28.8 Å². The molecular formula is C12H16BrClOS.